The molecule has 2 amide bonds. The van der Waals surface area contributed by atoms with E-state index in [0.29, 0.717) is 11.7 Å². The molecule has 0 aliphatic rings. The number of amides is 2. The molecular weight excluding hydrogens is 272 g/mol. The predicted octanol–water partition coefficient (Wildman–Crippen LogP) is 3.05. The molecule has 0 saturated carbocycles. The standard InChI is InChI=1S/C15H24N2O2S/c1-11(2)12-5-7-13(8-6-12)17-14(18)16-9-15(3,19)10-20-4/h5-8,11,19H,9-10H2,1-4H3,(H2,16,17,18). The number of urea groups is 1. The van der Waals surface area contributed by atoms with Gasteiger partial charge in [0.05, 0.1) is 5.60 Å². The Hall–Kier alpha value is -1.20. The lowest BCUT2D eigenvalue weighted by molar-refractivity contribution is 0.0876. The monoisotopic (exact) mass is 296 g/mol. The molecule has 0 aliphatic heterocycles. The zero-order chi connectivity index (χ0) is 15.2. The van der Waals surface area contributed by atoms with Crippen LogP contribution in [0.15, 0.2) is 24.3 Å². The quantitative estimate of drug-likeness (QED) is 0.756. The minimum atomic E-state index is -0.891. The normalized spacial score (nSPS) is 13.9. The minimum Gasteiger partial charge on any atom is -0.387 e. The van der Waals surface area contributed by atoms with Gasteiger partial charge in [0, 0.05) is 18.0 Å². The maximum Gasteiger partial charge on any atom is 0.319 e. The van der Waals surface area contributed by atoms with Gasteiger partial charge in [0.15, 0.2) is 0 Å². The van der Waals surface area contributed by atoms with Gasteiger partial charge in [0.25, 0.3) is 0 Å². The molecule has 1 unspecified atom stereocenters. The smallest absolute Gasteiger partial charge is 0.319 e. The second-order valence-electron chi connectivity index (χ2n) is 5.51. The van der Waals surface area contributed by atoms with E-state index in [1.807, 2.05) is 30.5 Å². The lowest BCUT2D eigenvalue weighted by atomic mass is 10.0. The summed E-state index contributed by atoms with van der Waals surface area (Å²) in [5.74, 6) is 1.05. The molecule has 0 heterocycles. The van der Waals surface area contributed by atoms with Crippen molar-refractivity contribution in [1.29, 1.82) is 0 Å². The van der Waals surface area contributed by atoms with E-state index in [2.05, 4.69) is 24.5 Å². The average Bonchev–Trinajstić information content (AvgIpc) is 2.37. The number of carbonyl (C=O) groups is 1. The van der Waals surface area contributed by atoms with Crippen LogP contribution in [0.3, 0.4) is 0 Å². The van der Waals surface area contributed by atoms with E-state index in [-0.39, 0.29) is 12.6 Å². The second kappa shape index (κ2) is 7.55. The van der Waals surface area contributed by atoms with Crippen LogP contribution >= 0.6 is 11.8 Å². The van der Waals surface area contributed by atoms with Gasteiger partial charge in [0.2, 0.25) is 0 Å². The number of rotatable bonds is 6. The molecule has 1 atom stereocenters. The SMILES string of the molecule is CSCC(C)(O)CNC(=O)Nc1ccc(C(C)C)cc1. The number of nitrogens with one attached hydrogen (secondary N) is 2. The van der Waals surface area contributed by atoms with Gasteiger partial charge in [-0.2, -0.15) is 11.8 Å². The molecule has 0 saturated heterocycles. The van der Waals surface area contributed by atoms with Crippen LogP contribution in [-0.4, -0.2) is 35.3 Å². The number of benzene rings is 1. The Balaban J connectivity index is 2.46. The Bertz CT molecular complexity index is 430. The molecule has 1 rings (SSSR count). The highest BCUT2D eigenvalue weighted by atomic mass is 32.2. The molecule has 4 nitrogen and oxygen atoms in total. The van der Waals surface area contributed by atoms with Gasteiger partial charge >= 0.3 is 6.03 Å². The van der Waals surface area contributed by atoms with Gasteiger partial charge in [0.1, 0.15) is 0 Å². The molecule has 1 aromatic rings. The molecule has 0 radical (unpaired) electrons. The first-order chi connectivity index (χ1) is 9.34. The van der Waals surface area contributed by atoms with Crippen LogP contribution in [0.5, 0.6) is 0 Å². The number of hydrogen-bond donors (Lipinski definition) is 3. The Morgan fingerprint density at radius 1 is 1.35 bits per heavy atom. The van der Waals surface area contributed by atoms with Gasteiger partial charge in [-0.05, 0) is 36.8 Å². The van der Waals surface area contributed by atoms with Gasteiger partial charge in [-0.1, -0.05) is 26.0 Å². The van der Waals surface area contributed by atoms with Crippen LogP contribution in [0.25, 0.3) is 0 Å². The van der Waals surface area contributed by atoms with Crippen molar-refractivity contribution in [2.75, 3.05) is 23.9 Å². The summed E-state index contributed by atoms with van der Waals surface area (Å²) in [4.78, 5) is 11.7. The third-order valence-corrected chi connectivity index (χ3v) is 3.83. The largest absolute Gasteiger partial charge is 0.387 e. The zero-order valence-electron chi connectivity index (χ0n) is 12.6. The molecule has 0 bridgehead atoms. The Labute approximate surface area is 125 Å². The Morgan fingerprint density at radius 2 is 1.95 bits per heavy atom. The molecule has 0 spiro atoms. The van der Waals surface area contributed by atoms with Crippen LogP contribution in [0.1, 0.15) is 32.3 Å². The summed E-state index contributed by atoms with van der Waals surface area (Å²) in [7, 11) is 0. The van der Waals surface area contributed by atoms with Gasteiger partial charge < -0.3 is 15.7 Å². The number of thioether (sulfide) groups is 1. The van der Waals surface area contributed by atoms with Crippen molar-refractivity contribution in [3.05, 3.63) is 29.8 Å². The van der Waals surface area contributed by atoms with Gasteiger partial charge in [-0.3, -0.25) is 0 Å². The molecule has 0 aromatic heterocycles. The van der Waals surface area contributed by atoms with Crippen molar-refractivity contribution >= 4 is 23.5 Å². The first-order valence-electron chi connectivity index (χ1n) is 6.70. The molecule has 1 aromatic carbocycles. The summed E-state index contributed by atoms with van der Waals surface area (Å²) in [5, 5.41) is 15.4. The van der Waals surface area contributed by atoms with Crippen LogP contribution in [-0.2, 0) is 0 Å². The van der Waals surface area contributed by atoms with Crippen molar-refractivity contribution in [2.24, 2.45) is 0 Å². The van der Waals surface area contributed by atoms with Gasteiger partial charge in [-0.25, -0.2) is 4.79 Å². The Morgan fingerprint density at radius 3 is 2.45 bits per heavy atom. The van der Waals surface area contributed by atoms with Crippen LogP contribution in [0.4, 0.5) is 10.5 Å². The van der Waals surface area contributed by atoms with Crippen LogP contribution in [0.2, 0.25) is 0 Å². The topological polar surface area (TPSA) is 61.4 Å². The minimum absolute atomic E-state index is 0.226. The van der Waals surface area contributed by atoms with E-state index in [4.69, 9.17) is 0 Å². The van der Waals surface area contributed by atoms with E-state index in [9.17, 15) is 9.90 Å². The highest BCUT2D eigenvalue weighted by Gasteiger charge is 2.20. The van der Waals surface area contributed by atoms with Crippen molar-refractivity contribution in [3.8, 4) is 0 Å². The highest BCUT2D eigenvalue weighted by molar-refractivity contribution is 7.98. The van der Waals surface area contributed by atoms with Crippen LogP contribution < -0.4 is 10.6 Å². The summed E-state index contributed by atoms with van der Waals surface area (Å²) >= 11 is 1.55. The fourth-order valence-corrected chi connectivity index (χ4v) is 2.48. The summed E-state index contributed by atoms with van der Waals surface area (Å²) in [6.07, 6.45) is 1.92. The van der Waals surface area contributed by atoms with Gasteiger partial charge in [-0.15, -0.1) is 0 Å². The number of hydrogen-bond acceptors (Lipinski definition) is 3. The van der Waals surface area contributed by atoms with Crippen LogP contribution in [0, 0.1) is 0 Å². The fourth-order valence-electron chi connectivity index (χ4n) is 1.76. The van der Waals surface area contributed by atoms with E-state index in [1.165, 1.54) is 5.56 Å². The van der Waals surface area contributed by atoms with E-state index < -0.39 is 5.60 Å². The maximum absolute atomic E-state index is 11.7. The third kappa shape index (κ3) is 5.84. The second-order valence-corrected chi connectivity index (χ2v) is 6.38. The zero-order valence-corrected chi connectivity index (χ0v) is 13.4. The molecule has 112 valence electrons. The van der Waals surface area contributed by atoms with E-state index in [0.717, 1.165) is 5.69 Å². The first-order valence-corrected chi connectivity index (χ1v) is 8.09. The summed E-state index contributed by atoms with van der Waals surface area (Å²) in [5.41, 5.74) is 1.09. The number of carbonyl (C=O) groups excluding carboxylic acids is 1. The third-order valence-electron chi connectivity index (χ3n) is 2.92. The molecule has 0 fully saturated rings. The van der Waals surface area contributed by atoms with Crippen molar-refractivity contribution in [2.45, 2.75) is 32.3 Å². The van der Waals surface area contributed by atoms with E-state index >= 15 is 0 Å². The first kappa shape index (κ1) is 16.9. The van der Waals surface area contributed by atoms with E-state index in [1.54, 1.807) is 18.7 Å². The van der Waals surface area contributed by atoms with Crippen molar-refractivity contribution in [3.63, 3.8) is 0 Å². The molecule has 5 heteroatoms. The average molecular weight is 296 g/mol. The lowest BCUT2D eigenvalue weighted by Gasteiger charge is -2.22. The number of aliphatic hydroxyl groups is 1. The predicted molar refractivity (Wildman–Crippen MR) is 86.6 cm³/mol. The summed E-state index contributed by atoms with van der Waals surface area (Å²) < 4.78 is 0. The molecule has 20 heavy (non-hydrogen) atoms. The molecule has 0 aliphatic carbocycles. The lowest BCUT2D eigenvalue weighted by Crippen LogP contribution is -2.43. The molecule has 3 N–H and O–H groups in total. The number of anilines is 1. The summed E-state index contributed by atoms with van der Waals surface area (Å²) in [6, 6.07) is 7.47. The maximum atomic E-state index is 11.7. The Kier molecular flexibility index (Phi) is 6.36. The highest BCUT2D eigenvalue weighted by Crippen LogP contribution is 2.17. The summed E-state index contributed by atoms with van der Waals surface area (Å²) in [6.45, 7) is 6.19. The van der Waals surface area contributed by atoms with Crippen molar-refractivity contribution in [1.82, 2.24) is 5.32 Å². The fraction of sp³-hybridized carbons (Fsp3) is 0.533. The molecular formula is C15H24N2O2S. The van der Waals surface area contributed by atoms with Crippen molar-refractivity contribution < 1.29 is 9.90 Å².